The van der Waals surface area contributed by atoms with Crippen LogP contribution in [0.15, 0.2) is 12.2 Å². The van der Waals surface area contributed by atoms with Crippen LogP contribution in [0.4, 0.5) is 0 Å². The van der Waals surface area contributed by atoms with E-state index in [1.54, 1.807) is 13.8 Å². The Morgan fingerprint density at radius 1 is 0.700 bits per heavy atom. The lowest BCUT2D eigenvalue weighted by molar-refractivity contribution is -0.304. The van der Waals surface area contributed by atoms with Crippen molar-refractivity contribution in [3.63, 3.8) is 0 Å². The molecule has 0 aromatic heterocycles. The summed E-state index contributed by atoms with van der Waals surface area (Å²) in [4.78, 5) is 36.7. The summed E-state index contributed by atoms with van der Waals surface area (Å²) in [5.41, 5.74) is -0.454. The molecule has 40 heavy (non-hydrogen) atoms. The summed E-state index contributed by atoms with van der Waals surface area (Å²) < 4.78 is 11.5. The van der Waals surface area contributed by atoms with E-state index in [4.69, 9.17) is 9.47 Å². The van der Waals surface area contributed by atoms with Crippen LogP contribution in [0.25, 0.3) is 0 Å². The average molecular weight is 566 g/mol. The fourth-order valence-corrected chi connectivity index (χ4v) is 4.65. The molecule has 1 aliphatic heterocycles. The van der Waals surface area contributed by atoms with Crippen LogP contribution in [0.5, 0.6) is 0 Å². The van der Waals surface area contributed by atoms with Gasteiger partial charge in [-0.15, -0.1) is 0 Å². The van der Waals surface area contributed by atoms with Gasteiger partial charge in [-0.1, -0.05) is 84.3 Å². The Morgan fingerprint density at radius 2 is 1.23 bits per heavy atom. The highest BCUT2D eigenvalue weighted by Gasteiger charge is 2.45. The molecule has 0 aromatic carbocycles. The summed E-state index contributed by atoms with van der Waals surface area (Å²) in [6.45, 7) is 11.1. The molecule has 0 radical (unpaired) electrons. The number of carbonyl (C=O) groups is 3. The van der Waals surface area contributed by atoms with E-state index in [2.05, 4.69) is 35.0 Å². The summed E-state index contributed by atoms with van der Waals surface area (Å²) >= 11 is 0. The number of ether oxygens (including phenoxy) is 2. The van der Waals surface area contributed by atoms with Crippen molar-refractivity contribution in [1.29, 1.82) is 0 Å². The van der Waals surface area contributed by atoms with Gasteiger partial charge in [-0.25, -0.2) is 0 Å². The first-order valence-corrected chi connectivity index (χ1v) is 15.9. The summed E-state index contributed by atoms with van der Waals surface area (Å²) in [7, 11) is 0. The minimum atomic E-state index is -0.816. The van der Waals surface area contributed by atoms with Gasteiger partial charge in [0.15, 0.2) is 5.79 Å². The van der Waals surface area contributed by atoms with Gasteiger partial charge in [0.05, 0.1) is 6.61 Å². The third kappa shape index (κ3) is 17.7. The van der Waals surface area contributed by atoms with Crippen molar-refractivity contribution in [2.24, 2.45) is 5.41 Å². The van der Waals surface area contributed by atoms with Crippen LogP contribution >= 0.6 is 0 Å². The quantitative estimate of drug-likeness (QED) is 0.111. The molecule has 8 nitrogen and oxygen atoms in total. The Kier molecular flexibility index (Phi) is 18.8. The van der Waals surface area contributed by atoms with Crippen LogP contribution in [0.1, 0.15) is 131 Å². The molecule has 0 bridgehead atoms. The van der Waals surface area contributed by atoms with Crippen molar-refractivity contribution in [3.05, 3.63) is 12.2 Å². The van der Waals surface area contributed by atoms with Gasteiger partial charge in [0.1, 0.15) is 6.10 Å². The zero-order chi connectivity index (χ0) is 29.7. The molecule has 3 N–H and O–H groups in total. The molecule has 0 aromatic rings. The maximum Gasteiger partial charge on any atom is 0.249 e. The maximum atomic E-state index is 12.6. The van der Waals surface area contributed by atoms with E-state index in [1.807, 2.05) is 13.8 Å². The van der Waals surface area contributed by atoms with E-state index in [0.717, 1.165) is 19.3 Å². The van der Waals surface area contributed by atoms with Gasteiger partial charge in [0.2, 0.25) is 17.7 Å². The number of rotatable bonds is 22. The highest BCUT2D eigenvalue weighted by Crippen LogP contribution is 2.34. The van der Waals surface area contributed by atoms with Crippen molar-refractivity contribution < 1.29 is 23.9 Å². The first-order valence-electron chi connectivity index (χ1n) is 15.9. The topological polar surface area (TPSA) is 106 Å². The predicted molar refractivity (Wildman–Crippen MR) is 162 cm³/mol. The number of amides is 3. The number of nitrogens with one attached hydrogen (secondary N) is 3. The van der Waals surface area contributed by atoms with Gasteiger partial charge >= 0.3 is 0 Å². The van der Waals surface area contributed by atoms with Crippen molar-refractivity contribution in [1.82, 2.24) is 16.0 Å². The van der Waals surface area contributed by atoms with Gasteiger partial charge in [-0.05, 0) is 46.0 Å². The van der Waals surface area contributed by atoms with Crippen LogP contribution in [-0.2, 0) is 23.9 Å². The van der Waals surface area contributed by atoms with E-state index < -0.39 is 17.3 Å². The zero-order valence-electron chi connectivity index (χ0n) is 26.2. The minimum absolute atomic E-state index is 0.0288. The minimum Gasteiger partial charge on any atom is -0.354 e. The van der Waals surface area contributed by atoms with Crippen LogP contribution < -0.4 is 16.0 Å². The Morgan fingerprint density at radius 3 is 1.82 bits per heavy atom. The molecule has 1 unspecified atom stereocenters. The number of carbonyl (C=O) groups excluding carboxylic acids is 3. The molecule has 1 heterocycles. The van der Waals surface area contributed by atoms with Crippen LogP contribution in [0.2, 0.25) is 0 Å². The van der Waals surface area contributed by atoms with E-state index in [0.29, 0.717) is 26.1 Å². The molecule has 1 rings (SSSR count). The number of allylic oxidation sites excluding steroid dienone is 2. The average Bonchev–Trinajstić information content (AvgIpc) is 2.90. The molecule has 8 heteroatoms. The lowest BCUT2D eigenvalue weighted by Crippen LogP contribution is -2.56. The van der Waals surface area contributed by atoms with Crippen molar-refractivity contribution in [2.75, 3.05) is 26.2 Å². The van der Waals surface area contributed by atoms with E-state index in [-0.39, 0.29) is 30.7 Å². The molecule has 0 saturated carbocycles. The molecule has 1 aliphatic rings. The van der Waals surface area contributed by atoms with Crippen molar-refractivity contribution >= 4 is 17.7 Å². The third-order valence-corrected chi connectivity index (χ3v) is 7.23. The standard InChI is InChI=1S/C32H59N3O5/c1-6-7-8-9-10-11-12-13-14-15-16-17-18-19-20-21-27(36)33-24-25-34-28(37)22-23-35-30(38)29-31(2,3)26-39-32(4,5)40-29/h13-14,29H,6-12,15-26H2,1-5H3,(H,33,36)(H,34,37)(H,35,38). The predicted octanol–water partition coefficient (Wildman–Crippen LogP) is 5.94. The second-order valence-corrected chi connectivity index (χ2v) is 12.3. The Bertz CT molecular complexity index is 751. The number of unbranched alkanes of at least 4 members (excludes halogenated alkanes) is 11. The lowest BCUT2D eigenvalue weighted by atomic mass is 9.85. The largest absolute Gasteiger partial charge is 0.354 e. The number of hydrogen-bond acceptors (Lipinski definition) is 5. The molecule has 1 atom stereocenters. The van der Waals surface area contributed by atoms with E-state index in [9.17, 15) is 14.4 Å². The fraction of sp³-hybridized carbons (Fsp3) is 0.844. The number of hydrogen-bond donors (Lipinski definition) is 3. The molecule has 1 fully saturated rings. The first kappa shape index (κ1) is 36.1. The maximum absolute atomic E-state index is 12.6. The Hall–Kier alpha value is -1.93. The highest BCUT2D eigenvalue weighted by molar-refractivity contribution is 5.83. The smallest absolute Gasteiger partial charge is 0.249 e. The lowest BCUT2D eigenvalue weighted by Gasteiger charge is -2.44. The molecular weight excluding hydrogens is 506 g/mol. The van der Waals surface area contributed by atoms with Gasteiger partial charge in [-0.2, -0.15) is 0 Å². The second kappa shape index (κ2) is 20.9. The van der Waals surface area contributed by atoms with E-state index >= 15 is 0 Å². The third-order valence-electron chi connectivity index (χ3n) is 7.23. The van der Waals surface area contributed by atoms with Crippen molar-refractivity contribution in [3.8, 4) is 0 Å². The Balaban J connectivity index is 1.95. The summed E-state index contributed by atoms with van der Waals surface area (Å²) in [5.74, 6) is -1.19. The molecule has 0 spiro atoms. The van der Waals surface area contributed by atoms with Gasteiger partial charge in [0, 0.05) is 37.9 Å². The monoisotopic (exact) mass is 565 g/mol. The van der Waals surface area contributed by atoms with Gasteiger partial charge in [0.25, 0.3) is 0 Å². The first-order chi connectivity index (χ1) is 19.1. The van der Waals surface area contributed by atoms with Crippen LogP contribution in [0, 0.1) is 5.41 Å². The Labute approximate surface area is 244 Å². The SMILES string of the molecule is CCCCCCCCC=CCCCCCCCC(=O)NCCNC(=O)CCNC(=O)C1OC(C)(C)OCC1(C)C. The summed E-state index contributed by atoms with van der Waals surface area (Å²) in [6.07, 6.45) is 20.8. The highest BCUT2D eigenvalue weighted by atomic mass is 16.7. The van der Waals surface area contributed by atoms with Crippen LogP contribution in [0.3, 0.4) is 0 Å². The normalized spacial score (nSPS) is 18.0. The summed E-state index contributed by atoms with van der Waals surface area (Å²) in [5, 5.41) is 8.44. The molecular formula is C32H59N3O5. The van der Waals surface area contributed by atoms with Crippen LogP contribution in [-0.4, -0.2) is 55.9 Å². The molecule has 0 aliphatic carbocycles. The second-order valence-electron chi connectivity index (χ2n) is 12.3. The van der Waals surface area contributed by atoms with Crippen molar-refractivity contribution in [2.45, 2.75) is 143 Å². The molecule has 3 amide bonds. The molecule has 232 valence electrons. The molecule has 1 saturated heterocycles. The summed E-state index contributed by atoms with van der Waals surface area (Å²) in [6, 6.07) is 0. The van der Waals surface area contributed by atoms with Gasteiger partial charge in [-0.3, -0.25) is 14.4 Å². The zero-order valence-corrected chi connectivity index (χ0v) is 26.2. The van der Waals surface area contributed by atoms with Gasteiger partial charge < -0.3 is 25.4 Å². The van der Waals surface area contributed by atoms with E-state index in [1.165, 1.54) is 64.2 Å². The fourth-order valence-electron chi connectivity index (χ4n) is 4.65.